The predicted molar refractivity (Wildman–Crippen MR) is 136 cm³/mol. The molecular weight excluding hydrogens is 470 g/mol. The minimum Gasteiger partial charge on any atom is -0.493 e. The zero-order valence-electron chi connectivity index (χ0n) is 19.6. The van der Waals surface area contributed by atoms with Gasteiger partial charge in [0.15, 0.2) is 18.1 Å². The molecule has 0 spiro atoms. The number of benzene rings is 3. The van der Waals surface area contributed by atoms with Crippen LogP contribution >= 0.6 is 11.6 Å². The maximum absolute atomic E-state index is 12.9. The summed E-state index contributed by atoms with van der Waals surface area (Å²) in [7, 11) is 1.44. The van der Waals surface area contributed by atoms with Crippen LogP contribution in [0.5, 0.6) is 11.5 Å². The van der Waals surface area contributed by atoms with Crippen molar-refractivity contribution in [3.05, 3.63) is 82.9 Å². The van der Waals surface area contributed by atoms with Crippen molar-refractivity contribution in [2.75, 3.05) is 24.4 Å². The molecule has 3 aromatic rings. The van der Waals surface area contributed by atoms with Gasteiger partial charge in [0.2, 0.25) is 0 Å². The molecule has 182 valence electrons. The Morgan fingerprint density at radius 2 is 1.60 bits per heavy atom. The van der Waals surface area contributed by atoms with Gasteiger partial charge in [-0.1, -0.05) is 23.7 Å². The number of halogens is 1. The standard InChI is InChI=1S/C26H26ClN3O5/c1-16(2)28-24(31)15-35-22-13-8-17(14-23(22)34-3)25(32)30-21-7-5-4-6-20(21)26(33)29-19-11-9-18(27)10-12-19/h4-14,16H,15H2,1-3H3,(H,28,31)(H,29,33)(H,30,32). The summed E-state index contributed by atoms with van der Waals surface area (Å²) in [5.74, 6) is -0.477. The molecule has 9 heteroatoms. The van der Waals surface area contributed by atoms with Crippen molar-refractivity contribution >= 4 is 40.7 Å². The molecule has 0 bridgehead atoms. The molecule has 8 nitrogen and oxygen atoms in total. The van der Waals surface area contributed by atoms with Gasteiger partial charge in [-0.25, -0.2) is 0 Å². The third-order valence-corrected chi connectivity index (χ3v) is 5.01. The summed E-state index contributed by atoms with van der Waals surface area (Å²) < 4.78 is 10.9. The molecule has 0 aromatic heterocycles. The van der Waals surface area contributed by atoms with Crippen molar-refractivity contribution < 1.29 is 23.9 Å². The average molecular weight is 496 g/mol. The number of ether oxygens (including phenoxy) is 2. The van der Waals surface area contributed by atoms with Crippen molar-refractivity contribution in [1.29, 1.82) is 0 Å². The fraction of sp³-hybridized carbons (Fsp3) is 0.192. The van der Waals surface area contributed by atoms with Crippen molar-refractivity contribution in [2.24, 2.45) is 0 Å². The minimum absolute atomic E-state index is 0.00443. The fourth-order valence-corrected chi connectivity index (χ4v) is 3.28. The number of amides is 3. The molecule has 0 aliphatic rings. The molecule has 0 unspecified atom stereocenters. The Bertz CT molecular complexity index is 1210. The van der Waals surface area contributed by atoms with Crippen molar-refractivity contribution in [1.82, 2.24) is 5.32 Å². The summed E-state index contributed by atoms with van der Waals surface area (Å²) in [5.41, 5.74) is 1.49. The topological polar surface area (TPSA) is 106 Å². The van der Waals surface area contributed by atoms with E-state index in [9.17, 15) is 14.4 Å². The van der Waals surface area contributed by atoms with E-state index in [-0.39, 0.29) is 30.0 Å². The molecule has 0 saturated heterocycles. The number of hydrogen-bond donors (Lipinski definition) is 3. The van der Waals surface area contributed by atoms with E-state index in [1.807, 2.05) is 13.8 Å². The number of hydrogen-bond acceptors (Lipinski definition) is 5. The van der Waals surface area contributed by atoms with Crippen LogP contribution in [0, 0.1) is 0 Å². The Kier molecular flexibility index (Phi) is 8.69. The van der Waals surface area contributed by atoms with Crippen molar-refractivity contribution in [3.8, 4) is 11.5 Å². The van der Waals surface area contributed by atoms with Crippen LogP contribution < -0.4 is 25.4 Å². The highest BCUT2D eigenvalue weighted by atomic mass is 35.5. The predicted octanol–water partition coefficient (Wildman–Crippen LogP) is 4.76. The Morgan fingerprint density at radius 1 is 0.886 bits per heavy atom. The molecule has 0 aliphatic carbocycles. The van der Waals surface area contributed by atoms with E-state index in [1.165, 1.54) is 13.2 Å². The highest BCUT2D eigenvalue weighted by molar-refractivity contribution is 6.30. The van der Waals surface area contributed by atoms with Gasteiger partial charge in [-0.3, -0.25) is 14.4 Å². The number of methoxy groups -OCH3 is 1. The van der Waals surface area contributed by atoms with Crippen LogP contribution in [0.3, 0.4) is 0 Å². The van der Waals surface area contributed by atoms with E-state index in [1.54, 1.807) is 60.7 Å². The summed E-state index contributed by atoms with van der Waals surface area (Å²) in [6.45, 7) is 3.52. The minimum atomic E-state index is -0.445. The first-order chi connectivity index (χ1) is 16.8. The third kappa shape index (κ3) is 7.22. The van der Waals surface area contributed by atoms with Gasteiger partial charge in [0.1, 0.15) is 0 Å². The quantitative estimate of drug-likeness (QED) is 0.397. The number of carbonyl (C=O) groups is 3. The molecule has 0 aliphatic heterocycles. The van der Waals surface area contributed by atoms with Gasteiger partial charge in [0.05, 0.1) is 18.4 Å². The Labute approximate surface area is 208 Å². The van der Waals surface area contributed by atoms with E-state index in [0.29, 0.717) is 33.5 Å². The van der Waals surface area contributed by atoms with E-state index in [0.717, 1.165) is 0 Å². The van der Waals surface area contributed by atoms with Crippen molar-refractivity contribution in [2.45, 2.75) is 19.9 Å². The fourth-order valence-electron chi connectivity index (χ4n) is 3.15. The smallest absolute Gasteiger partial charge is 0.258 e. The van der Waals surface area contributed by atoms with Crippen LogP contribution in [0.15, 0.2) is 66.7 Å². The largest absolute Gasteiger partial charge is 0.493 e. The molecule has 0 fully saturated rings. The number of para-hydroxylation sites is 1. The zero-order valence-corrected chi connectivity index (χ0v) is 20.3. The van der Waals surface area contributed by atoms with Crippen LogP contribution in [0.4, 0.5) is 11.4 Å². The van der Waals surface area contributed by atoms with Crippen LogP contribution in [-0.4, -0.2) is 37.5 Å². The second kappa shape index (κ2) is 11.9. The summed E-state index contributed by atoms with van der Waals surface area (Å²) in [5, 5.41) is 8.83. The molecule has 0 heterocycles. The second-order valence-electron chi connectivity index (χ2n) is 7.84. The SMILES string of the molecule is COc1cc(C(=O)Nc2ccccc2C(=O)Nc2ccc(Cl)cc2)ccc1OCC(=O)NC(C)C. The van der Waals surface area contributed by atoms with Crippen LogP contribution in [0.1, 0.15) is 34.6 Å². The first-order valence-electron chi connectivity index (χ1n) is 10.8. The lowest BCUT2D eigenvalue weighted by molar-refractivity contribution is -0.123. The second-order valence-corrected chi connectivity index (χ2v) is 8.27. The lowest BCUT2D eigenvalue weighted by atomic mass is 10.1. The zero-order chi connectivity index (χ0) is 25.4. The molecule has 3 N–H and O–H groups in total. The van der Waals surface area contributed by atoms with Crippen LogP contribution in [0.2, 0.25) is 5.02 Å². The highest BCUT2D eigenvalue weighted by Crippen LogP contribution is 2.29. The number of anilines is 2. The van der Waals surface area contributed by atoms with Gasteiger partial charge in [-0.2, -0.15) is 0 Å². The molecule has 0 saturated carbocycles. The molecular formula is C26H26ClN3O5. The molecule has 3 rings (SSSR count). The number of rotatable bonds is 9. The lowest BCUT2D eigenvalue weighted by Crippen LogP contribution is -2.34. The third-order valence-electron chi connectivity index (χ3n) is 4.76. The maximum Gasteiger partial charge on any atom is 0.258 e. The maximum atomic E-state index is 12.9. The average Bonchev–Trinajstić information content (AvgIpc) is 2.83. The van der Waals surface area contributed by atoms with E-state index in [2.05, 4.69) is 16.0 Å². The van der Waals surface area contributed by atoms with Gasteiger partial charge in [-0.05, 0) is 68.4 Å². The van der Waals surface area contributed by atoms with Crippen molar-refractivity contribution in [3.63, 3.8) is 0 Å². The highest BCUT2D eigenvalue weighted by Gasteiger charge is 2.17. The van der Waals surface area contributed by atoms with E-state index in [4.69, 9.17) is 21.1 Å². The summed E-state index contributed by atoms with van der Waals surface area (Å²) >= 11 is 5.89. The monoisotopic (exact) mass is 495 g/mol. The first kappa shape index (κ1) is 25.6. The summed E-state index contributed by atoms with van der Waals surface area (Å²) in [4.78, 5) is 37.6. The van der Waals surface area contributed by atoms with Crippen LogP contribution in [0.25, 0.3) is 0 Å². The molecule has 3 aromatic carbocycles. The van der Waals surface area contributed by atoms with Gasteiger partial charge in [0, 0.05) is 22.3 Å². The molecule has 3 amide bonds. The Morgan fingerprint density at radius 3 is 2.29 bits per heavy atom. The van der Waals surface area contributed by atoms with E-state index >= 15 is 0 Å². The summed E-state index contributed by atoms with van der Waals surface area (Å²) in [6, 6.07) is 18.0. The Balaban J connectivity index is 1.72. The lowest BCUT2D eigenvalue weighted by Gasteiger charge is -2.14. The van der Waals surface area contributed by atoms with Gasteiger partial charge in [-0.15, -0.1) is 0 Å². The van der Waals surface area contributed by atoms with Gasteiger partial charge in [0.25, 0.3) is 17.7 Å². The molecule has 0 atom stereocenters. The first-order valence-corrected chi connectivity index (χ1v) is 11.2. The Hall–Kier alpha value is -4.04. The van der Waals surface area contributed by atoms with E-state index < -0.39 is 5.91 Å². The van der Waals surface area contributed by atoms with Gasteiger partial charge < -0.3 is 25.4 Å². The molecule has 0 radical (unpaired) electrons. The van der Waals surface area contributed by atoms with Gasteiger partial charge >= 0.3 is 0 Å². The normalized spacial score (nSPS) is 10.4. The number of carbonyl (C=O) groups excluding carboxylic acids is 3. The van der Waals surface area contributed by atoms with Crippen LogP contribution in [-0.2, 0) is 4.79 Å². The molecule has 35 heavy (non-hydrogen) atoms. The number of nitrogens with one attached hydrogen (secondary N) is 3. The summed E-state index contributed by atoms with van der Waals surface area (Å²) in [6.07, 6.45) is 0.